The maximum Gasteiger partial charge on any atom is 0.228 e. The number of benzene rings is 1. The van der Waals surface area contributed by atoms with E-state index in [0.29, 0.717) is 24.3 Å². The first kappa shape index (κ1) is 18.0. The second kappa shape index (κ2) is 7.70. The molecule has 1 aromatic heterocycles. The Morgan fingerprint density at radius 2 is 2.07 bits per heavy atom. The molecule has 0 radical (unpaired) electrons. The lowest BCUT2D eigenvalue weighted by atomic mass is 9.90. The van der Waals surface area contributed by atoms with E-state index < -0.39 is 0 Å². The summed E-state index contributed by atoms with van der Waals surface area (Å²) < 4.78 is 14.3. The van der Waals surface area contributed by atoms with Crippen LogP contribution in [-0.2, 0) is 4.79 Å². The Balaban J connectivity index is 1.59. The number of amides is 1. The smallest absolute Gasteiger partial charge is 0.228 e. The van der Waals surface area contributed by atoms with Gasteiger partial charge in [0.1, 0.15) is 5.82 Å². The third-order valence-corrected chi connectivity index (χ3v) is 5.55. The summed E-state index contributed by atoms with van der Waals surface area (Å²) in [6.45, 7) is 4.02. The molecule has 2 aliphatic rings. The maximum atomic E-state index is 14.3. The molecule has 0 saturated carbocycles. The van der Waals surface area contributed by atoms with Gasteiger partial charge in [0, 0.05) is 49.6 Å². The second-order valence-corrected chi connectivity index (χ2v) is 7.31. The number of nitrogens with one attached hydrogen (secondary N) is 2. The van der Waals surface area contributed by atoms with Crippen molar-refractivity contribution in [3.05, 3.63) is 48.2 Å². The van der Waals surface area contributed by atoms with Crippen LogP contribution in [0.3, 0.4) is 0 Å². The van der Waals surface area contributed by atoms with Crippen molar-refractivity contribution in [1.29, 1.82) is 0 Å². The van der Waals surface area contributed by atoms with Gasteiger partial charge in [0.25, 0.3) is 0 Å². The third-order valence-electron chi connectivity index (χ3n) is 5.55. The monoisotopic (exact) mass is 369 g/mol. The summed E-state index contributed by atoms with van der Waals surface area (Å²) >= 11 is 0. The van der Waals surface area contributed by atoms with Gasteiger partial charge in [-0.05, 0) is 31.9 Å². The predicted molar refractivity (Wildman–Crippen MR) is 100 cm³/mol. The Bertz CT molecular complexity index is 830. The molecule has 4 rings (SSSR count). The molecule has 7 heteroatoms. The van der Waals surface area contributed by atoms with Crippen LogP contribution in [-0.4, -0.2) is 46.5 Å². The molecule has 3 atom stereocenters. The summed E-state index contributed by atoms with van der Waals surface area (Å²) in [4.78, 5) is 23.8. The zero-order valence-corrected chi connectivity index (χ0v) is 15.4. The number of piperidine rings is 1. The SMILES string of the molecule is CC1NNCC1C(=O)N1CCCC(c2nccnc2-c2ccccc2F)C1. The summed E-state index contributed by atoms with van der Waals surface area (Å²) in [5.41, 5.74) is 7.98. The van der Waals surface area contributed by atoms with Crippen LogP contribution < -0.4 is 10.9 Å². The minimum absolute atomic E-state index is 0.0587. The second-order valence-electron chi connectivity index (χ2n) is 7.31. The first-order valence-corrected chi connectivity index (χ1v) is 9.48. The normalized spacial score (nSPS) is 25.6. The van der Waals surface area contributed by atoms with Gasteiger partial charge in [0.15, 0.2) is 0 Å². The lowest BCUT2D eigenvalue weighted by Gasteiger charge is -2.35. The molecule has 27 heavy (non-hydrogen) atoms. The summed E-state index contributed by atoms with van der Waals surface area (Å²) in [6.07, 6.45) is 5.06. The molecule has 2 saturated heterocycles. The van der Waals surface area contributed by atoms with E-state index in [0.717, 1.165) is 25.1 Å². The lowest BCUT2D eigenvalue weighted by molar-refractivity contribution is -0.136. The number of carbonyl (C=O) groups is 1. The molecule has 0 aliphatic carbocycles. The Morgan fingerprint density at radius 3 is 2.85 bits per heavy atom. The first-order chi connectivity index (χ1) is 13.1. The first-order valence-electron chi connectivity index (χ1n) is 9.48. The largest absolute Gasteiger partial charge is 0.342 e. The molecular formula is C20H24FN5O. The van der Waals surface area contributed by atoms with Gasteiger partial charge < -0.3 is 4.90 Å². The van der Waals surface area contributed by atoms with Crippen molar-refractivity contribution in [1.82, 2.24) is 25.7 Å². The van der Waals surface area contributed by atoms with Gasteiger partial charge in [0.2, 0.25) is 5.91 Å². The zero-order valence-electron chi connectivity index (χ0n) is 15.4. The van der Waals surface area contributed by atoms with Crippen molar-refractivity contribution in [3.8, 4) is 11.3 Å². The summed E-state index contributed by atoms with van der Waals surface area (Å²) in [7, 11) is 0. The quantitative estimate of drug-likeness (QED) is 0.867. The van der Waals surface area contributed by atoms with Gasteiger partial charge in [-0.3, -0.25) is 25.6 Å². The molecule has 3 heterocycles. The number of carbonyl (C=O) groups excluding carboxylic acids is 1. The van der Waals surface area contributed by atoms with Crippen LogP contribution in [0, 0.1) is 11.7 Å². The van der Waals surface area contributed by atoms with E-state index >= 15 is 0 Å². The molecule has 142 valence electrons. The summed E-state index contributed by atoms with van der Waals surface area (Å²) in [5.74, 6) is -0.138. The molecule has 1 aromatic carbocycles. The highest BCUT2D eigenvalue weighted by molar-refractivity contribution is 5.80. The van der Waals surface area contributed by atoms with Crippen molar-refractivity contribution < 1.29 is 9.18 Å². The number of hydrazine groups is 1. The Hall–Kier alpha value is -2.38. The molecule has 0 bridgehead atoms. The van der Waals surface area contributed by atoms with Crippen molar-refractivity contribution in [3.63, 3.8) is 0 Å². The van der Waals surface area contributed by atoms with E-state index in [1.807, 2.05) is 11.8 Å². The van der Waals surface area contributed by atoms with E-state index in [1.165, 1.54) is 6.07 Å². The number of rotatable bonds is 3. The van der Waals surface area contributed by atoms with Gasteiger partial charge >= 0.3 is 0 Å². The number of halogens is 1. The van der Waals surface area contributed by atoms with Gasteiger partial charge in [0.05, 0.1) is 17.3 Å². The number of hydrogen-bond donors (Lipinski definition) is 2. The molecule has 3 unspecified atom stereocenters. The molecule has 1 amide bonds. The number of aromatic nitrogens is 2. The zero-order chi connectivity index (χ0) is 18.8. The molecular weight excluding hydrogens is 345 g/mol. The van der Waals surface area contributed by atoms with E-state index in [9.17, 15) is 9.18 Å². The number of hydrogen-bond acceptors (Lipinski definition) is 5. The van der Waals surface area contributed by atoms with E-state index in [4.69, 9.17) is 0 Å². The Kier molecular flexibility index (Phi) is 5.13. The lowest BCUT2D eigenvalue weighted by Crippen LogP contribution is -2.45. The molecule has 2 aromatic rings. The van der Waals surface area contributed by atoms with Gasteiger partial charge in [-0.25, -0.2) is 4.39 Å². The molecule has 0 spiro atoms. The van der Waals surface area contributed by atoms with E-state index in [-0.39, 0.29) is 29.6 Å². The summed E-state index contributed by atoms with van der Waals surface area (Å²) in [5, 5.41) is 0. The molecule has 2 fully saturated rings. The van der Waals surface area contributed by atoms with Crippen LogP contribution in [0.4, 0.5) is 4.39 Å². The van der Waals surface area contributed by atoms with Gasteiger partial charge in [-0.1, -0.05) is 12.1 Å². The number of likely N-dealkylation sites (tertiary alicyclic amines) is 1. The van der Waals surface area contributed by atoms with Crippen LogP contribution >= 0.6 is 0 Å². The van der Waals surface area contributed by atoms with Crippen molar-refractivity contribution in [2.45, 2.75) is 31.7 Å². The van der Waals surface area contributed by atoms with Crippen LogP contribution in [0.5, 0.6) is 0 Å². The van der Waals surface area contributed by atoms with Crippen LogP contribution in [0.15, 0.2) is 36.7 Å². The Morgan fingerprint density at radius 1 is 1.26 bits per heavy atom. The van der Waals surface area contributed by atoms with Gasteiger partial charge in [-0.15, -0.1) is 0 Å². The number of nitrogens with zero attached hydrogens (tertiary/aromatic N) is 3. The topological polar surface area (TPSA) is 70.2 Å². The summed E-state index contributed by atoms with van der Waals surface area (Å²) in [6, 6.07) is 6.75. The van der Waals surface area contributed by atoms with E-state index in [2.05, 4.69) is 20.8 Å². The Labute approximate surface area is 158 Å². The fourth-order valence-corrected chi connectivity index (χ4v) is 4.05. The van der Waals surface area contributed by atoms with Crippen LogP contribution in [0.25, 0.3) is 11.3 Å². The van der Waals surface area contributed by atoms with Crippen LogP contribution in [0.2, 0.25) is 0 Å². The minimum atomic E-state index is -0.306. The van der Waals surface area contributed by atoms with E-state index in [1.54, 1.807) is 30.6 Å². The van der Waals surface area contributed by atoms with Crippen LogP contribution in [0.1, 0.15) is 31.4 Å². The fourth-order valence-electron chi connectivity index (χ4n) is 4.05. The van der Waals surface area contributed by atoms with Crippen molar-refractivity contribution in [2.75, 3.05) is 19.6 Å². The minimum Gasteiger partial charge on any atom is -0.342 e. The molecule has 2 aliphatic heterocycles. The maximum absolute atomic E-state index is 14.3. The highest BCUT2D eigenvalue weighted by atomic mass is 19.1. The third kappa shape index (κ3) is 3.57. The fraction of sp³-hybridized carbons (Fsp3) is 0.450. The standard InChI is InChI=1S/C20H24FN5O/c1-13-16(11-24-25-13)20(27)26-10-4-5-14(12-26)18-19(23-9-8-22-18)15-6-2-3-7-17(15)21/h2-3,6-9,13-14,16,24-25H,4-5,10-12H2,1H3. The molecule has 6 nitrogen and oxygen atoms in total. The molecule has 2 N–H and O–H groups in total. The van der Waals surface area contributed by atoms with Gasteiger partial charge in [-0.2, -0.15) is 0 Å². The van der Waals surface area contributed by atoms with Crippen molar-refractivity contribution >= 4 is 5.91 Å². The average Bonchev–Trinajstić information content (AvgIpc) is 3.14. The average molecular weight is 369 g/mol. The highest BCUT2D eigenvalue weighted by Crippen LogP contribution is 2.33. The van der Waals surface area contributed by atoms with Crippen molar-refractivity contribution in [2.24, 2.45) is 5.92 Å². The highest BCUT2D eigenvalue weighted by Gasteiger charge is 2.36. The predicted octanol–water partition coefficient (Wildman–Crippen LogP) is 2.10.